The van der Waals surface area contributed by atoms with Gasteiger partial charge < -0.3 is 10.1 Å². The Morgan fingerprint density at radius 2 is 1.86 bits per heavy atom. The molecule has 0 fully saturated rings. The number of ether oxygens (including phenoxy) is 1. The largest absolute Gasteiger partial charge is 0.573 e. The van der Waals surface area contributed by atoms with Crippen molar-refractivity contribution in [3.05, 3.63) is 58.1 Å². The molecule has 2 aromatic rings. The van der Waals surface area contributed by atoms with Crippen LogP contribution in [0.25, 0.3) is 0 Å². The molecule has 0 unspecified atom stereocenters. The summed E-state index contributed by atoms with van der Waals surface area (Å²) in [6, 6.07) is 12.3. The van der Waals surface area contributed by atoms with Gasteiger partial charge in [-0.2, -0.15) is 0 Å². The van der Waals surface area contributed by atoms with E-state index < -0.39 is 6.36 Å². The summed E-state index contributed by atoms with van der Waals surface area (Å²) in [4.78, 5) is 0. The summed E-state index contributed by atoms with van der Waals surface area (Å²) in [5.74, 6) is -0.248. The third-order valence-electron chi connectivity index (χ3n) is 2.85. The quantitative estimate of drug-likeness (QED) is 0.802. The van der Waals surface area contributed by atoms with Gasteiger partial charge in [0.2, 0.25) is 0 Å². The Balaban J connectivity index is 2.05. The summed E-state index contributed by atoms with van der Waals surface area (Å²) >= 11 is 3.09. The van der Waals surface area contributed by atoms with Crippen molar-refractivity contribution in [3.8, 4) is 5.75 Å². The minimum atomic E-state index is -4.69. The molecule has 2 nitrogen and oxygen atoms in total. The van der Waals surface area contributed by atoms with Crippen molar-refractivity contribution in [2.75, 3.05) is 5.32 Å². The summed E-state index contributed by atoms with van der Waals surface area (Å²) < 4.78 is 40.7. The Morgan fingerprint density at radius 3 is 2.48 bits per heavy atom. The number of hydrogen-bond acceptors (Lipinski definition) is 2. The molecule has 0 aliphatic rings. The molecule has 0 aromatic heterocycles. The minimum absolute atomic E-state index is 0.248. The molecule has 0 saturated heterocycles. The van der Waals surface area contributed by atoms with Gasteiger partial charge in [0.1, 0.15) is 5.75 Å². The summed E-state index contributed by atoms with van der Waals surface area (Å²) in [5.41, 5.74) is 2.94. The van der Waals surface area contributed by atoms with Gasteiger partial charge in [-0.15, -0.1) is 13.2 Å². The molecule has 2 aromatic carbocycles. The van der Waals surface area contributed by atoms with Crippen molar-refractivity contribution in [1.29, 1.82) is 0 Å². The van der Waals surface area contributed by atoms with Crippen LogP contribution in [0.4, 0.5) is 18.9 Å². The smallest absolute Gasteiger partial charge is 0.405 e. The van der Waals surface area contributed by atoms with E-state index in [2.05, 4.69) is 26.0 Å². The molecule has 0 amide bonds. The first kappa shape index (κ1) is 15.7. The molecular formula is C15H13BrF3NO. The maximum atomic E-state index is 12.2. The summed E-state index contributed by atoms with van der Waals surface area (Å²) in [6.07, 6.45) is -4.69. The molecule has 112 valence electrons. The normalized spacial score (nSPS) is 11.3. The first-order valence-corrected chi connectivity index (χ1v) is 6.98. The third-order valence-corrected chi connectivity index (χ3v) is 3.47. The van der Waals surface area contributed by atoms with Crippen LogP contribution in [-0.2, 0) is 6.54 Å². The molecule has 0 saturated carbocycles. The van der Waals surface area contributed by atoms with Gasteiger partial charge in [-0.3, -0.25) is 0 Å². The lowest BCUT2D eigenvalue weighted by Crippen LogP contribution is -2.17. The standard InChI is InChI=1S/C15H13BrF3NO/c1-10-4-2-3-5-13(10)20-9-11-6-7-14(12(16)8-11)21-15(17,18)19/h2-8,20H,9H2,1H3. The Kier molecular flexibility index (Phi) is 4.77. The summed E-state index contributed by atoms with van der Waals surface area (Å²) in [7, 11) is 0. The Labute approximate surface area is 129 Å². The highest BCUT2D eigenvalue weighted by molar-refractivity contribution is 9.10. The lowest BCUT2D eigenvalue weighted by Gasteiger charge is -2.13. The fraction of sp³-hybridized carbons (Fsp3) is 0.200. The highest BCUT2D eigenvalue weighted by atomic mass is 79.9. The molecule has 6 heteroatoms. The molecule has 0 aliphatic carbocycles. The van der Waals surface area contributed by atoms with Gasteiger partial charge in [-0.05, 0) is 52.2 Å². The Bertz CT molecular complexity index is 629. The van der Waals surface area contributed by atoms with Gasteiger partial charge in [0, 0.05) is 12.2 Å². The van der Waals surface area contributed by atoms with Crippen LogP contribution in [0.5, 0.6) is 5.75 Å². The van der Waals surface area contributed by atoms with Crippen LogP contribution in [0, 0.1) is 6.92 Å². The number of hydrogen-bond donors (Lipinski definition) is 1. The number of aryl methyl sites for hydroxylation is 1. The zero-order valence-corrected chi connectivity index (χ0v) is 12.8. The number of anilines is 1. The zero-order valence-electron chi connectivity index (χ0n) is 11.2. The van der Waals surface area contributed by atoms with E-state index in [9.17, 15) is 13.2 Å². The van der Waals surface area contributed by atoms with Crippen molar-refractivity contribution in [1.82, 2.24) is 0 Å². The number of alkyl halides is 3. The molecule has 0 bridgehead atoms. The number of halogens is 4. The van der Waals surface area contributed by atoms with Crippen LogP contribution in [0.1, 0.15) is 11.1 Å². The second kappa shape index (κ2) is 6.39. The van der Waals surface area contributed by atoms with E-state index >= 15 is 0 Å². The van der Waals surface area contributed by atoms with E-state index in [4.69, 9.17) is 0 Å². The first-order valence-electron chi connectivity index (χ1n) is 6.19. The lowest BCUT2D eigenvalue weighted by atomic mass is 10.1. The molecule has 2 rings (SSSR count). The maximum absolute atomic E-state index is 12.2. The number of nitrogens with one attached hydrogen (secondary N) is 1. The molecule has 1 N–H and O–H groups in total. The van der Waals surface area contributed by atoms with Gasteiger partial charge in [-0.25, -0.2) is 0 Å². The third kappa shape index (κ3) is 4.67. The van der Waals surface area contributed by atoms with Crippen molar-refractivity contribution < 1.29 is 17.9 Å². The van der Waals surface area contributed by atoms with Crippen molar-refractivity contribution >= 4 is 21.6 Å². The van der Waals surface area contributed by atoms with Crippen LogP contribution in [0.3, 0.4) is 0 Å². The van der Waals surface area contributed by atoms with E-state index in [0.717, 1.165) is 16.8 Å². The van der Waals surface area contributed by atoms with Crippen LogP contribution in [-0.4, -0.2) is 6.36 Å². The molecule has 0 atom stereocenters. The van der Waals surface area contributed by atoms with Crippen LogP contribution in [0.15, 0.2) is 46.9 Å². The minimum Gasteiger partial charge on any atom is -0.405 e. The van der Waals surface area contributed by atoms with Crippen LogP contribution in [0.2, 0.25) is 0 Å². The van der Waals surface area contributed by atoms with Gasteiger partial charge in [0.05, 0.1) is 4.47 Å². The van der Waals surface area contributed by atoms with E-state index in [1.807, 2.05) is 31.2 Å². The van der Waals surface area contributed by atoms with E-state index in [0.29, 0.717) is 6.54 Å². The van der Waals surface area contributed by atoms with Gasteiger partial charge in [-0.1, -0.05) is 24.3 Å². The monoisotopic (exact) mass is 359 g/mol. The van der Waals surface area contributed by atoms with E-state index in [1.165, 1.54) is 6.07 Å². The van der Waals surface area contributed by atoms with Crippen LogP contribution >= 0.6 is 15.9 Å². The predicted octanol–water partition coefficient (Wildman–Crippen LogP) is 5.27. The van der Waals surface area contributed by atoms with Gasteiger partial charge >= 0.3 is 6.36 Å². The van der Waals surface area contributed by atoms with Gasteiger partial charge in [0.15, 0.2) is 0 Å². The van der Waals surface area contributed by atoms with Crippen LogP contribution < -0.4 is 10.1 Å². The highest BCUT2D eigenvalue weighted by Gasteiger charge is 2.31. The molecule has 0 spiro atoms. The van der Waals surface area contributed by atoms with E-state index in [-0.39, 0.29) is 10.2 Å². The van der Waals surface area contributed by atoms with Crippen molar-refractivity contribution in [2.24, 2.45) is 0 Å². The Hall–Kier alpha value is -1.69. The topological polar surface area (TPSA) is 21.3 Å². The molecule has 0 aliphatic heterocycles. The predicted molar refractivity (Wildman–Crippen MR) is 79.3 cm³/mol. The molecule has 0 heterocycles. The molecule has 0 radical (unpaired) electrons. The van der Waals surface area contributed by atoms with E-state index in [1.54, 1.807) is 12.1 Å². The zero-order chi connectivity index (χ0) is 15.5. The second-order valence-corrected chi connectivity index (χ2v) is 5.34. The number of rotatable bonds is 4. The summed E-state index contributed by atoms with van der Waals surface area (Å²) in [6.45, 7) is 2.49. The Morgan fingerprint density at radius 1 is 1.14 bits per heavy atom. The first-order chi connectivity index (χ1) is 9.85. The molecular weight excluding hydrogens is 347 g/mol. The number of benzene rings is 2. The molecule has 21 heavy (non-hydrogen) atoms. The number of para-hydroxylation sites is 1. The fourth-order valence-corrected chi connectivity index (χ4v) is 2.34. The average Bonchev–Trinajstić information content (AvgIpc) is 2.39. The summed E-state index contributed by atoms with van der Waals surface area (Å²) in [5, 5.41) is 3.24. The fourth-order valence-electron chi connectivity index (χ4n) is 1.83. The second-order valence-electron chi connectivity index (χ2n) is 4.48. The maximum Gasteiger partial charge on any atom is 0.573 e. The SMILES string of the molecule is Cc1ccccc1NCc1ccc(OC(F)(F)F)c(Br)c1. The lowest BCUT2D eigenvalue weighted by molar-refractivity contribution is -0.274. The average molecular weight is 360 g/mol. The van der Waals surface area contributed by atoms with Crippen molar-refractivity contribution in [2.45, 2.75) is 19.8 Å². The van der Waals surface area contributed by atoms with Gasteiger partial charge in [0.25, 0.3) is 0 Å². The highest BCUT2D eigenvalue weighted by Crippen LogP contribution is 2.31. The van der Waals surface area contributed by atoms with Crippen molar-refractivity contribution in [3.63, 3.8) is 0 Å².